The molecule has 3 N–H and O–H groups in total. The average molecular weight is 471 g/mol. The van der Waals surface area contributed by atoms with Crippen molar-refractivity contribution < 1.29 is 14.4 Å². The molecule has 0 atom stereocenters. The summed E-state index contributed by atoms with van der Waals surface area (Å²) in [4.78, 5) is 39.3. The van der Waals surface area contributed by atoms with E-state index in [1.54, 1.807) is 54.6 Å². The molecule has 0 saturated carbocycles. The number of benzene rings is 3. The zero-order valence-electron chi connectivity index (χ0n) is 19.8. The number of piperidine rings is 1. The summed E-state index contributed by atoms with van der Waals surface area (Å²) in [5.41, 5.74) is 3.17. The van der Waals surface area contributed by atoms with Crippen LogP contribution in [0.25, 0.3) is 0 Å². The van der Waals surface area contributed by atoms with Crippen molar-refractivity contribution in [3.63, 3.8) is 0 Å². The van der Waals surface area contributed by atoms with Crippen molar-refractivity contribution in [3.05, 3.63) is 90.0 Å². The van der Waals surface area contributed by atoms with Crippen LogP contribution in [-0.4, -0.2) is 42.3 Å². The van der Waals surface area contributed by atoms with Gasteiger partial charge in [-0.25, -0.2) is 0 Å². The Balaban J connectivity index is 1.26. The monoisotopic (exact) mass is 470 g/mol. The van der Waals surface area contributed by atoms with Crippen LogP contribution in [0, 0.1) is 5.92 Å². The topological polar surface area (TPSA) is 90.5 Å². The second-order valence-electron chi connectivity index (χ2n) is 8.85. The van der Waals surface area contributed by atoms with Gasteiger partial charge in [-0.3, -0.25) is 14.4 Å². The molecule has 3 amide bonds. The van der Waals surface area contributed by atoms with Crippen LogP contribution in [0.4, 0.5) is 17.1 Å². The smallest absolute Gasteiger partial charge is 0.255 e. The van der Waals surface area contributed by atoms with Crippen molar-refractivity contribution in [1.82, 2.24) is 4.90 Å². The van der Waals surface area contributed by atoms with E-state index in [1.165, 1.54) is 0 Å². The fourth-order valence-corrected chi connectivity index (χ4v) is 3.98. The third kappa shape index (κ3) is 6.69. The van der Waals surface area contributed by atoms with Gasteiger partial charge in [0, 0.05) is 41.3 Å². The lowest BCUT2D eigenvalue weighted by Gasteiger charge is -2.30. The number of hydrogen-bond donors (Lipinski definition) is 3. The van der Waals surface area contributed by atoms with Crippen LogP contribution in [0.15, 0.2) is 78.9 Å². The fraction of sp³-hybridized carbons (Fsp3) is 0.250. The lowest BCUT2D eigenvalue weighted by Crippen LogP contribution is -2.37. The minimum Gasteiger partial charge on any atom is -0.376 e. The molecule has 1 heterocycles. The number of anilines is 3. The Hall–Kier alpha value is -4.13. The molecule has 1 fully saturated rings. The predicted octanol–water partition coefficient (Wildman–Crippen LogP) is 4.86. The van der Waals surface area contributed by atoms with Gasteiger partial charge < -0.3 is 20.9 Å². The van der Waals surface area contributed by atoms with E-state index in [4.69, 9.17) is 0 Å². The van der Waals surface area contributed by atoms with Gasteiger partial charge in [0.2, 0.25) is 5.91 Å². The van der Waals surface area contributed by atoms with Crippen molar-refractivity contribution in [1.29, 1.82) is 0 Å². The molecule has 3 aromatic carbocycles. The van der Waals surface area contributed by atoms with Crippen LogP contribution in [0.3, 0.4) is 0 Å². The van der Waals surface area contributed by atoms with E-state index in [-0.39, 0.29) is 24.3 Å². The molecule has 35 heavy (non-hydrogen) atoms. The van der Waals surface area contributed by atoms with Gasteiger partial charge in [0.05, 0.1) is 6.54 Å². The molecular weight excluding hydrogens is 440 g/mol. The molecular formula is C28H30N4O3. The van der Waals surface area contributed by atoms with E-state index in [0.29, 0.717) is 34.1 Å². The SMILES string of the molecule is CC1CCN(C(=O)c2ccc(NC(=O)CNc3cccc(NC(=O)c4ccccc4)c3)cc2)CC1. The lowest BCUT2D eigenvalue weighted by molar-refractivity contribution is -0.114. The summed E-state index contributed by atoms with van der Waals surface area (Å²) in [7, 11) is 0. The molecule has 180 valence electrons. The van der Waals surface area contributed by atoms with Crippen molar-refractivity contribution in [3.8, 4) is 0 Å². The Bertz CT molecular complexity index is 1170. The standard InChI is InChI=1S/C28H30N4O3/c1-20-14-16-32(17-15-20)28(35)22-10-12-23(13-11-22)30-26(33)19-29-24-8-5-9-25(18-24)31-27(34)21-6-3-2-4-7-21/h2-13,18,20,29H,14-17,19H2,1H3,(H,30,33)(H,31,34). The second-order valence-corrected chi connectivity index (χ2v) is 8.85. The molecule has 3 aromatic rings. The molecule has 0 aliphatic carbocycles. The number of carbonyl (C=O) groups excluding carboxylic acids is 3. The molecule has 4 rings (SSSR count). The highest BCUT2D eigenvalue weighted by atomic mass is 16.2. The lowest BCUT2D eigenvalue weighted by atomic mass is 9.98. The Morgan fingerprint density at radius 1 is 0.771 bits per heavy atom. The number of carbonyl (C=O) groups is 3. The van der Waals surface area contributed by atoms with E-state index >= 15 is 0 Å². The molecule has 7 heteroatoms. The van der Waals surface area contributed by atoms with E-state index in [1.807, 2.05) is 29.2 Å². The molecule has 0 bridgehead atoms. The molecule has 0 unspecified atom stereocenters. The first-order valence-electron chi connectivity index (χ1n) is 11.9. The van der Waals surface area contributed by atoms with Crippen molar-refractivity contribution in [2.45, 2.75) is 19.8 Å². The van der Waals surface area contributed by atoms with E-state index in [0.717, 1.165) is 25.9 Å². The maximum absolute atomic E-state index is 12.7. The minimum atomic E-state index is -0.215. The van der Waals surface area contributed by atoms with Crippen LogP contribution < -0.4 is 16.0 Å². The fourth-order valence-electron chi connectivity index (χ4n) is 3.98. The Morgan fingerprint density at radius 3 is 2.17 bits per heavy atom. The van der Waals surface area contributed by atoms with Gasteiger partial charge in [0.1, 0.15) is 0 Å². The first-order valence-corrected chi connectivity index (χ1v) is 11.9. The van der Waals surface area contributed by atoms with Crippen LogP contribution in [-0.2, 0) is 4.79 Å². The molecule has 1 aliphatic rings. The third-order valence-electron chi connectivity index (χ3n) is 6.10. The summed E-state index contributed by atoms with van der Waals surface area (Å²) < 4.78 is 0. The predicted molar refractivity (Wildman–Crippen MR) is 139 cm³/mol. The average Bonchev–Trinajstić information content (AvgIpc) is 2.89. The number of nitrogens with zero attached hydrogens (tertiary/aromatic N) is 1. The number of rotatable bonds is 7. The summed E-state index contributed by atoms with van der Waals surface area (Å²) in [6.45, 7) is 3.86. The Kier molecular flexibility index (Phi) is 7.77. The normalized spacial score (nSPS) is 13.7. The summed E-state index contributed by atoms with van der Waals surface area (Å²) in [6, 6.07) is 23.2. The number of nitrogens with one attached hydrogen (secondary N) is 3. The largest absolute Gasteiger partial charge is 0.376 e. The molecule has 0 spiro atoms. The molecule has 0 radical (unpaired) electrons. The second kappa shape index (κ2) is 11.3. The summed E-state index contributed by atoms with van der Waals surface area (Å²) >= 11 is 0. The van der Waals surface area contributed by atoms with E-state index < -0.39 is 0 Å². The molecule has 7 nitrogen and oxygen atoms in total. The maximum atomic E-state index is 12.7. The molecule has 1 aliphatic heterocycles. The first kappa shape index (κ1) is 24.0. The highest BCUT2D eigenvalue weighted by Crippen LogP contribution is 2.19. The van der Waals surface area contributed by atoms with Crippen molar-refractivity contribution in [2.75, 3.05) is 35.6 Å². The van der Waals surface area contributed by atoms with Gasteiger partial charge in [-0.1, -0.05) is 31.2 Å². The van der Waals surface area contributed by atoms with Gasteiger partial charge in [0.25, 0.3) is 11.8 Å². The van der Waals surface area contributed by atoms with E-state index in [2.05, 4.69) is 22.9 Å². The quantitative estimate of drug-likeness (QED) is 0.460. The third-order valence-corrected chi connectivity index (χ3v) is 6.10. The minimum absolute atomic E-state index is 0.0377. The summed E-state index contributed by atoms with van der Waals surface area (Å²) in [6.07, 6.45) is 2.07. The highest BCUT2D eigenvalue weighted by molar-refractivity contribution is 6.04. The van der Waals surface area contributed by atoms with Gasteiger partial charge in [0.15, 0.2) is 0 Å². The van der Waals surface area contributed by atoms with Crippen LogP contribution in [0.1, 0.15) is 40.5 Å². The summed E-state index contributed by atoms with van der Waals surface area (Å²) in [5, 5.41) is 8.76. The number of likely N-dealkylation sites (tertiary alicyclic amines) is 1. The van der Waals surface area contributed by atoms with Gasteiger partial charge in [-0.2, -0.15) is 0 Å². The van der Waals surface area contributed by atoms with Crippen LogP contribution in [0.2, 0.25) is 0 Å². The van der Waals surface area contributed by atoms with Gasteiger partial charge >= 0.3 is 0 Å². The van der Waals surface area contributed by atoms with Crippen molar-refractivity contribution in [2.24, 2.45) is 5.92 Å². The van der Waals surface area contributed by atoms with Crippen molar-refractivity contribution >= 4 is 34.8 Å². The summed E-state index contributed by atoms with van der Waals surface area (Å²) in [5.74, 6) is 0.293. The number of hydrogen-bond acceptors (Lipinski definition) is 4. The maximum Gasteiger partial charge on any atom is 0.255 e. The molecule has 1 saturated heterocycles. The van der Waals surface area contributed by atoms with Gasteiger partial charge in [-0.05, 0) is 73.4 Å². The van der Waals surface area contributed by atoms with E-state index in [9.17, 15) is 14.4 Å². The highest BCUT2D eigenvalue weighted by Gasteiger charge is 2.21. The first-order chi connectivity index (χ1) is 17.0. The number of amides is 3. The van der Waals surface area contributed by atoms with Crippen LogP contribution in [0.5, 0.6) is 0 Å². The van der Waals surface area contributed by atoms with Crippen LogP contribution >= 0.6 is 0 Å². The zero-order valence-corrected chi connectivity index (χ0v) is 19.8. The Morgan fingerprint density at radius 2 is 1.46 bits per heavy atom. The molecule has 0 aromatic heterocycles. The van der Waals surface area contributed by atoms with Gasteiger partial charge in [-0.15, -0.1) is 0 Å². The Labute approximate surface area is 205 Å². The zero-order chi connectivity index (χ0) is 24.6.